The number of hydrogen-bond donors (Lipinski definition) is 0. The lowest BCUT2D eigenvalue weighted by Crippen LogP contribution is -2.15. The maximum absolute atomic E-state index is 14.0. The molecule has 3 aromatic rings. The third kappa shape index (κ3) is 4.40. The average Bonchev–Trinajstić information content (AvgIpc) is 3.01. The van der Waals surface area contributed by atoms with Crippen molar-refractivity contribution >= 4 is 33.0 Å². The van der Waals surface area contributed by atoms with Crippen LogP contribution in [0.25, 0.3) is 22.4 Å². The van der Waals surface area contributed by atoms with Crippen LogP contribution in [0.5, 0.6) is 0 Å². The normalized spacial score (nSPS) is 12.2. The third-order valence-corrected chi connectivity index (χ3v) is 5.96. The van der Waals surface area contributed by atoms with Crippen molar-refractivity contribution in [3.8, 4) is 22.4 Å². The van der Waals surface area contributed by atoms with E-state index >= 15 is 0 Å². The van der Waals surface area contributed by atoms with Crippen molar-refractivity contribution in [2.45, 2.75) is 17.6 Å². The van der Waals surface area contributed by atoms with Crippen LogP contribution in [0.2, 0.25) is 10.0 Å². The molecule has 0 unspecified atom stereocenters. The third-order valence-electron chi connectivity index (χ3n) is 4.28. The highest BCUT2D eigenvalue weighted by molar-refractivity contribution is 7.90. The number of hydrogen-bond acceptors (Lipinski definition) is 3. The van der Waals surface area contributed by atoms with Gasteiger partial charge in [-0.05, 0) is 24.3 Å². The molecule has 30 heavy (non-hydrogen) atoms. The summed E-state index contributed by atoms with van der Waals surface area (Å²) in [4.78, 5) is 0.0406. The Labute approximate surface area is 181 Å². The number of benzene rings is 2. The van der Waals surface area contributed by atoms with Gasteiger partial charge in [-0.2, -0.15) is 18.3 Å². The van der Waals surface area contributed by atoms with Crippen LogP contribution < -0.4 is 0 Å². The molecule has 158 valence electrons. The van der Waals surface area contributed by atoms with Crippen LogP contribution in [0.4, 0.5) is 13.2 Å². The molecule has 0 fully saturated rings. The van der Waals surface area contributed by atoms with Crippen molar-refractivity contribution in [3.63, 3.8) is 0 Å². The van der Waals surface area contributed by atoms with Gasteiger partial charge in [-0.3, -0.25) is 4.68 Å². The minimum absolute atomic E-state index is 0.00782. The second-order valence-electron chi connectivity index (χ2n) is 6.46. The van der Waals surface area contributed by atoms with Gasteiger partial charge in [0.05, 0.1) is 16.5 Å². The number of halogens is 5. The first-order valence-corrected chi connectivity index (χ1v) is 11.1. The monoisotopic (exact) mass is 474 g/mol. The van der Waals surface area contributed by atoms with Crippen molar-refractivity contribution in [2.75, 3.05) is 6.26 Å². The molecule has 0 aliphatic heterocycles. The molecule has 0 aliphatic carbocycles. The van der Waals surface area contributed by atoms with Crippen LogP contribution >= 0.6 is 23.2 Å². The fourth-order valence-electron chi connectivity index (χ4n) is 3.01. The van der Waals surface area contributed by atoms with Crippen molar-refractivity contribution in [2.24, 2.45) is 0 Å². The smallest absolute Gasteiger partial charge is 0.255 e. The van der Waals surface area contributed by atoms with Gasteiger partial charge >= 0.3 is 6.18 Å². The molecular weight excluding hydrogens is 460 g/mol. The lowest BCUT2D eigenvalue weighted by Gasteiger charge is -2.13. The first-order valence-electron chi connectivity index (χ1n) is 8.48. The molecule has 0 aliphatic rings. The minimum Gasteiger partial charge on any atom is -0.255 e. The highest BCUT2D eigenvalue weighted by Crippen LogP contribution is 2.45. The zero-order valence-corrected chi connectivity index (χ0v) is 17.9. The van der Waals surface area contributed by atoms with E-state index in [9.17, 15) is 21.6 Å². The predicted octanol–water partition coefficient (Wildman–Crippen LogP) is 6.13. The van der Waals surface area contributed by atoms with Crippen LogP contribution in [-0.4, -0.2) is 24.5 Å². The number of aromatic nitrogens is 2. The van der Waals surface area contributed by atoms with Gasteiger partial charge in [-0.15, -0.1) is 6.58 Å². The van der Waals surface area contributed by atoms with Gasteiger partial charge in [0.2, 0.25) is 0 Å². The van der Waals surface area contributed by atoms with Crippen LogP contribution in [0.3, 0.4) is 0 Å². The molecule has 1 aromatic heterocycles. The molecule has 10 heteroatoms. The molecule has 3 rings (SSSR count). The molecule has 0 N–H and O–H groups in total. The molecule has 0 bridgehead atoms. The van der Waals surface area contributed by atoms with E-state index in [0.29, 0.717) is 5.56 Å². The summed E-state index contributed by atoms with van der Waals surface area (Å²) in [5.74, 6) is 0. The summed E-state index contributed by atoms with van der Waals surface area (Å²) in [6, 6.07) is 9.62. The quantitative estimate of drug-likeness (QED) is 0.417. The highest BCUT2D eigenvalue weighted by Gasteiger charge is 2.41. The Morgan fingerprint density at radius 3 is 2.27 bits per heavy atom. The molecule has 0 amide bonds. The molecule has 2 aromatic carbocycles. The number of nitrogens with zero attached hydrogens (tertiary/aromatic N) is 2. The standard InChI is InChI=1S/C20H15Cl2F3N2O2S/c1-3-10-27-19(20(23,24)25)17(15-9-6-13(21)11-16(15)22)18(26-27)12-4-7-14(8-5-12)30(2,28)29/h3-9,11H,1,10H2,2H3. The number of rotatable bonds is 5. The van der Waals surface area contributed by atoms with E-state index in [1.54, 1.807) is 0 Å². The van der Waals surface area contributed by atoms with Crippen LogP contribution in [-0.2, 0) is 22.6 Å². The summed E-state index contributed by atoms with van der Waals surface area (Å²) in [7, 11) is -3.47. The van der Waals surface area contributed by atoms with E-state index in [-0.39, 0.29) is 38.3 Å². The first kappa shape index (κ1) is 22.4. The number of alkyl halides is 3. The molecule has 0 radical (unpaired) electrons. The summed E-state index contributed by atoms with van der Waals surface area (Å²) >= 11 is 12.1. The molecule has 0 saturated heterocycles. The van der Waals surface area contributed by atoms with Gasteiger partial charge in [0, 0.05) is 28.0 Å². The van der Waals surface area contributed by atoms with Crippen molar-refractivity contribution < 1.29 is 21.6 Å². The fraction of sp³-hybridized carbons (Fsp3) is 0.150. The Kier molecular flexibility index (Phi) is 6.04. The van der Waals surface area contributed by atoms with Crippen LogP contribution in [0, 0.1) is 0 Å². The molecule has 1 heterocycles. The second-order valence-corrected chi connectivity index (χ2v) is 9.32. The SMILES string of the molecule is C=CCn1nc(-c2ccc(S(C)(=O)=O)cc2)c(-c2ccc(Cl)cc2Cl)c1C(F)(F)F. The van der Waals surface area contributed by atoms with Gasteiger partial charge < -0.3 is 0 Å². The summed E-state index contributed by atoms with van der Waals surface area (Å²) in [5, 5.41) is 4.45. The van der Waals surface area contributed by atoms with E-state index in [0.717, 1.165) is 10.9 Å². The van der Waals surface area contributed by atoms with E-state index in [4.69, 9.17) is 23.2 Å². The molecular formula is C20H15Cl2F3N2O2S. The number of sulfone groups is 1. The second kappa shape index (κ2) is 8.09. The lowest BCUT2D eigenvalue weighted by molar-refractivity contribution is -0.143. The molecule has 0 atom stereocenters. The van der Waals surface area contributed by atoms with Gasteiger partial charge in [0.25, 0.3) is 0 Å². The van der Waals surface area contributed by atoms with Crippen LogP contribution in [0.15, 0.2) is 60.0 Å². The zero-order valence-electron chi connectivity index (χ0n) is 15.5. The molecule has 0 spiro atoms. The van der Waals surface area contributed by atoms with Gasteiger partial charge in [-0.1, -0.05) is 47.5 Å². The van der Waals surface area contributed by atoms with Crippen molar-refractivity contribution in [3.05, 3.63) is 70.9 Å². The minimum atomic E-state index is -4.74. The van der Waals surface area contributed by atoms with Crippen LogP contribution in [0.1, 0.15) is 5.69 Å². The van der Waals surface area contributed by atoms with E-state index in [1.807, 2.05) is 0 Å². The average molecular weight is 475 g/mol. The Hall–Kier alpha value is -2.29. The maximum Gasteiger partial charge on any atom is 0.433 e. The van der Waals surface area contributed by atoms with E-state index in [2.05, 4.69) is 11.7 Å². The summed E-state index contributed by atoms with van der Waals surface area (Å²) < 4.78 is 66.3. The Morgan fingerprint density at radius 2 is 1.77 bits per heavy atom. The molecule has 0 saturated carbocycles. The largest absolute Gasteiger partial charge is 0.433 e. The zero-order chi connectivity index (χ0) is 22.3. The Morgan fingerprint density at radius 1 is 1.13 bits per heavy atom. The summed E-state index contributed by atoms with van der Waals surface area (Å²) in [5.41, 5.74) is -0.803. The highest BCUT2D eigenvalue weighted by atomic mass is 35.5. The first-order chi connectivity index (χ1) is 13.9. The van der Waals surface area contributed by atoms with Crippen molar-refractivity contribution in [1.82, 2.24) is 9.78 Å². The van der Waals surface area contributed by atoms with Gasteiger partial charge in [0.1, 0.15) is 5.69 Å². The Bertz CT molecular complexity index is 1220. The van der Waals surface area contributed by atoms with Crippen molar-refractivity contribution in [1.29, 1.82) is 0 Å². The summed E-state index contributed by atoms with van der Waals surface area (Å²) in [6.07, 6.45) is -2.40. The van der Waals surface area contributed by atoms with Gasteiger partial charge in [-0.25, -0.2) is 8.42 Å². The maximum atomic E-state index is 14.0. The predicted molar refractivity (Wildman–Crippen MR) is 111 cm³/mol. The Balaban J connectivity index is 2.36. The number of allylic oxidation sites excluding steroid dienone is 1. The summed E-state index contributed by atoms with van der Waals surface area (Å²) in [6.45, 7) is 3.31. The lowest BCUT2D eigenvalue weighted by atomic mass is 9.98. The van der Waals surface area contributed by atoms with E-state index < -0.39 is 21.7 Å². The fourth-order valence-corrected chi connectivity index (χ4v) is 4.15. The molecule has 4 nitrogen and oxygen atoms in total. The van der Waals surface area contributed by atoms with E-state index in [1.165, 1.54) is 48.5 Å². The topological polar surface area (TPSA) is 52.0 Å². The van der Waals surface area contributed by atoms with Gasteiger partial charge in [0.15, 0.2) is 15.5 Å².